The fourth-order valence-corrected chi connectivity index (χ4v) is 2.38. The molecule has 2 aromatic carbocycles. The van der Waals surface area contributed by atoms with Crippen molar-refractivity contribution in [2.45, 2.75) is 27.3 Å². The molecule has 0 aliphatic carbocycles. The average Bonchev–Trinajstić information content (AvgIpc) is 2.72. The molecule has 2 rings (SSSR count). The van der Waals surface area contributed by atoms with E-state index >= 15 is 0 Å². The van der Waals surface area contributed by atoms with Crippen LogP contribution in [0.15, 0.2) is 36.4 Å². The quantitative estimate of drug-likeness (QED) is 0.606. The minimum atomic E-state index is -0.428. The van der Waals surface area contributed by atoms with Gasteiger partial charge in [0.05, 0.1) is 25.3 Å². The van der Waals surface area contributed by atoms with Crippen molar-refractivity contribution in [2.24, 2.45) is 0 Å². The van der Waals surface area contributed by atoms with Gasteiger partial charge in [0, 0.05) is 12.1 Å². The zero-order valence-electron chi connectivity index (χ0n) is 17.0. The minimum Gasteiger partial charge on any atom is -0.465 e. The van der Waals surface area contributed by atoms with Gasteiger partial charge in [-0.05, 0) is 61.3 Å². The second kappa shape index (κ2) is 11.7. The van der Waals surface area contributed by atoms with Crippen LogP contribution in [0.3, 0.4) is 0 Å². The number of carbonyl (C=O) groups excluding carboxylic acids is 3. The van der Waals surface area contributed by atoms with E-state index in [-0.39, 0.29) is 5.97 Å². The molecule has 6 heteroatoms. The molecule has 0 amide bonds. The summed E-state index contributed by atoms with van der Waals surface area (Å²) < 4.78 is 9.20. The normalized spacial score (nSPS) is 9.75. The van der Waals surface area contributed by atoms with Crippen LogP contribution in [0.4, 0.5) is 0 Å². The number of esters is 2. The lowest BCUT2D eigenvalue weighted by Crippen LogP contribution is -2.13. The van der Waals surface area contributed by atoms with Crippen molar-refractivity contribution in [3.8, 4) is 0 Å². The molecule has 0 bridgehead atoms. The summed E-state index contributed by atoms with van der Waals surface area (Å²) in [6, 6.07) is 10.5. The summed E-state index contributed by atoms with van der Waals surface area (Å²) in [7, 11) is 2.70. The molecule has 2 aromatic rings. The van der Waals surface area contributed by atoms with Crippen molar-refractivity contribution in [3.63, 3.8) is 0 Å². The van der Waals surface area contributed by atoms with Gasteiger partial charge in [-0.25, -0.2) is 9.59 Å². The van der Waals surface area contributed by atoms with Crippen LogP contribution >= 0.6 is 0 Å². The first kappa shape index (κ1) is 23.0. The van der Waals surface area contributed by atoms with Gasteiger partial charge >= 0.3 is 11.9 Å². The smallest absolute Gasteiger partial charge is 0.337 e. The van der Waals surface area contributed by atoms with Gasteiger partial charge in [0.1, 0.15) is 6.29 Å². The maximum absolute atomic E-state index is 11.3. The SMILES string of the molecule is CCNCc1cc(C(=O)OC)ccc1C.COC(=O)c1ccc(C)c(C=O)c1. The summed E-state index contributed by atoms with van der Waals surface area (Å²) in [4.78, 5) is 32.9. The Morgan fingerprint density at radius 3 is 1.96 bits per heavy atom. The van der Waals surface area contributed by atoms with Crippen molar-refractivity contribution in [1.82, 2.24) is 5.32 Å². The van der Waals surface area contributed by atoms with Crippen LogP contribution in [0.25, 0.3) is 0 Å². The molecule has 150 valence electrons. The number of hydrogen-bond acceptors (Lipinski definition) is 6. The van der Waals surface area contributed by atoms with Gasteiger partial charge in [-0.3, -0.25) is 4.79 Å². The number of nitrogens with one attached hydrogen (secondary N) is 1. The molecule has 0 saturated heterocycles. The van der Waals surface area contributed by atoms with Crippen LogP contribution in [0.2, 0.25) is 0 Å². The third-order valence-electron chi connectivity index (χ3n) is 4.16. The van der Waals surface area contributed by atoms with E-state index in [9.17, 15) is 14.4 Å². The van der Waals surface area contributed by atoms with E-state index in [4.69, 9.17) is 0 Å². The fourth-order valence-electron chi connectivity index (χ4n) is 2.38. The molecular formula is C22H27NO5. The number of benzene rings is 2. The van der Waals surface area contributed by atoms with Gasteiger partial charge in [0.2, 0.25) is 0 Å². The molecule has 0 fully saturated rings. The predicted octanol–water partition coefficient (Wildman–Crippen LogP) is 3.49. The summed E-state index contributed by atoms with van der Waals surface area (Å²) in [6.07, 6.45) is 0.724. The maximum Gasteiger partial charge on any atom is 0.337 e. The number of aldehydes is 1. The molecule has 0 aromatic heterocycles. The Morgan fingerprint density at radius 2 is 1.46 bits per heavy atom. The van der Waals surface area contributed by atoms with Gasteiger partial charge in [-0.2, -0.15) is 0 Å². The van der Waals surface area contributed by atoms with Crippen molar-refractivity contribution in [3.05, 3.63) is 69.8 Å². The summed E-state index contributed by atoms with van der Waals surface area (Å²) in [5, 5.41) is 3.24. The number of rotatable bonds is 6. The minimum absolute atomic E-state index is 0.284. The Balaban J connectivity index is 0.000000283. The summed E-state index contributed by atoms with van der Waals surface area (Å²) >= 11 is 0. The number of hydrogen-bond donors (Lipinski definition) is 1. The van der Waals surface area contributed by atoms with E-state index in [2.05, 4.69) is 21.7 Å². The highest BCUT2D eigenvalue weighted by atomic mass is 16.5. The molecule has 0 aliphatic rings. The van der Waals surface area contributed by atoms with Gasteiger partial charge in [-0.15, -0.1) is 0 Å². The number of carbonyl (C=O) groups is 3. The molecule has 0 unspecified atom stereocenters. The van der Waals surface area contributed by atoms with Crippen LogP contribution in [0.1, 0.15) is 54.7 Å². The van der Waals surface area contributed by atoms with E-state index in [0.29, 0.717) is 16.7 Å². The third-order valence-corrected chi connectivity index (χ3v) is 4.16. The van der Waals surface area contributed by atoms with Gasteiger partial charge in [-0.1, -0.05) is 19.1 Å². The molecule has 28 heavy (non-hydrogen) atoms. The third kappa shape index (κ3) is 6.63. The zero-order valence-corrected chi connectivity index (χ0v) is 17.0. The predicted molar refractivity (Wildman–Crippen MR) is 108 cm³/mol. The van der Waals surface area contributed by atoms with Crippen LogP contribution in [-0.4, -0.2) is 39.0 Å². The van der Waals surface area contributed by atoms with Crippen molar-refractivity contribution in [1.29, 1.82) is 0 Å². The largest absolute Gasteiger partial charge is 0.465 e. The molecule has 1 N–H and O–H groups in total. The Bertz CT molecular complexity index is 830. The number of methoxy groups -OCH3 is 2. The zero-order chi connectivity index (χ0) is 21.1. The number of aryl methyl sites for hydroxylation is 2. The molecule has 0 heterocycles. The summed E-state index contributed by atoms with van der Waals surface area (Å²) in [5.74, 6) is -0.712. The Labute approximate surface area is 165 Å². The first-order valence-electron chi connectivity index (χ1n) is 8.90. The van der Waals surface area contributed by atoms with Gasteiger partial charge in [0.15, 0.2) is 0 Å². The molecular weight excluding hydrogens is 358 g/mol. The Hall–Kier alpha value is -2.99. The van der Waals surface area contributed by atoms with Gasteiger partial charge < -0.3 is 14.8 Å². The monoisotopic (exact) mass is 385 g/mol. The first-order chi connectivity index (χ1) is 13.4. The number of ether oxygens (including phenoxy) is 2. The summed E-state index contributed by atoms with van der Waals surface area (Å²) in [6.45, 7) is 7.60. The molecule has 0 aliphatic heterocycles. The van der Waals surface area contributed by atoms with Crippen LogP contribution in [0, 0.1) is 13.8 Å². The molecule has 0 saturated carbocycles. The molecule has 6 nitrogen and oxygen atoms in total. The van der Waals surface area contributed by atoms with Crippen molar-refractivity contribution < 1.29 is 23.9 Å². The standard InChI is InChI=1S/C12H17NO2.C10H10O3/c1-4-13-8-11-7-10(12(14)15-3)6-5-9(11)2;1-7-3-4-8(10(12)13-2)5-9(7)6-11/h5-7,13H,4,8H2,1-3H3;3-6H,1-2H3. The van der Waals surface area contributed by atoms with E-state index < -0.39 is 5.97 Å². The molecule has 0 radical (unpaired) electrons. The first-order valence-corrected chi connectivity index (χ1v) is 8.90. The fraction of sp³-hybridized carbons (Fsp3) is 0.318. The van der Waals surface area contributed by atoms with E-state index in [1.807, 2.05) is 26.0 Å². The van der Waals surface area contributed by atoms with Crippen molar-refractivity contribution >= 4 is 18.2 Å². The van der Waals surface area contributed by atoms with E-state index in [1.165, 1.54) is 25.8 Å². The Kier molecular flexibility index (Phi) is 9.60. The van der Waals surface area contributed by atoms with Crippen LogP contribution in [0.5, 0.6) is 0 Å². The van der Waals surface area contributed by atoms with E-state index in [1.54, 1.807) is 18.2 Å². The average molecular weight is 385 g/mol. The highest BCUT2D eigenvalue weighted by Gasteiger charge is 2.08. The second-order valence-corrected chi connectivity index (χ2v) is 6.09. The molecule has 0 spiro atoms. The lowest BCUT2D eigenvalue weighted by Gasteiger charge is -2.08. The second-order valence-electron chi connectivity index (χ2n) is 6.09. The maximum atomic E-state index is 11.3. The van der Waals surface area contributed by atoms with Crippen molar-refractivity contribution in [2.75, 3.05) is 20.8 Å². The lowest BCUT2D eigenvalue weighted by molar-refractivity contribution is 0.0591. The van der Waals surface area contributed by atoms with Crippen LogP contribution < -0.4 is 5.32 Å². The molecule has 0 atom stereocenters. The topological polar surface area (TPSA) is 81.7 Å². The Morgan fingerprint density at radius 1 is 0.929 bits per heavy atom. The summed E-state index contributed by atoms with van der Waals surface area (Å²) in [5.41, 5.74) is 4.69. The lowest BCUT2D eigenvalue weighted by atomic mass is 10.1. The highest BCUT2D eigenvalue weighted by Crippen LogP contribution is 2.12. The van der Waals surface area contributed by atoms with Crippen LogP contribution in [-0.2, 0) is 16.0 Å². The van der Waals surface area contributed by atoms with Gasteiger partial charge in [0.25, 0.3) is 0 Å². The van der Waals surface area contributed by atoms with E-state index in [0.717, 1.165) is 30.5 Å². The highest BCUT2D eigenvalue weighted by molar-refractivity contribution is 5.92.